The van der Waals surface area contributed by atoms with E-state index in [2.05, 4.69) is 29.4 Å². The van der Waals surface area contributed by atoms with E-state index in [-0.39, 0.29) is 0 Å². The molecule has 20 heavy (non-hydrogen) atoms. The Kier molecular flexibility index (Phi) is 4.23. The molecule has 1 aliphatic heterocycles. The summed E-state index contributed by atoms with van der Waals surface area (Å²) in [5.41, 5.74) is 1.24. The van der Waals surface area contributed by atoms with E-state index in [0.717, 1.165) is 17.3 Å². The normalized spacial score (nSPS) is 21.1. The number of aromatic nitrogens is 1. The van der Waals surface area contributed by atoms with Crippen LogP contribution in [0.25, 0.3) is 0 Å². The summed E-state index contributed by atoms with van der Waals surface area (Å²) in [5.74, 6) is 0.997. The summed E-state index contributed by atoms with van der Waals surface area (Å²) < 4.78 is 5.90. The van der Waals surface area contributed by atoms with Gasteiger partial charge in [-0.1, -0.05) is 43.0 Å². The van der Waals surface area contributed by atoms with Gasteiger partial charge in [0.15, 0.2) is 0 Å². The third-order valence-corrected chi connectivity index (χ3v) is 4.56. The molecule has 104 valence electrons. The third kappa shape index (κ3) is 2.81. The lowest BCUT2D eigenvalue weighted by Gasteiger charge is -2.33. The molecular weight excluding hydrogens is 268 g/mol. The number of ether oxygens (including phenoxy) is 1. The molecule has 2 atom stereocenters. The van der Waals surface area contributed by atoms with Crippen LogP contribution in [0.4, 0.5) is 0 Å². The Morgan fingerprint density at radius 1 is 1.25 bits per heavy atom. The zero-order chi connectivity index (χ0) is 13.8. The molecule has 1 aliphatic rings. The highest BCUT2D eigenvalue weighted by Crippen LogP contribution is 2.39. The van der Waals surface area contributed by atoms with E-state index in [1.807, 2.05) is 36.5 Å². The van der Waals surface area contributed by atoms with Crippen LogP contribution in [-0.2, 0) is 0 Å². The number of para-hydroxylation sites is 1. The van der Waals surface area contributed by atoms with Gasteiger partial charge in [0, 0.05) is 11.8 Å². The fourth-order valence-electron chi connectivity index (χ4n) is 2.47. The summed E-state index contributed by atoms with van der Waals surface area (Å²) in [4.78, 5) is 4.40. The molecule has 2 aromatic rings. The fourth-order valence-corrected chi connectivity index (χ4v) is 3.58. The molecule has 0 saturated heterocycles. The lowest BCUT2D eigenvalue weighted by atomic mass is 10.0. The number of pyridine rings is 1. The first-order valence-electron chi connectivity index (χ1n) is 6.91. The Balaban J connectivity index is 1.84. The van der Waals surface area contributed by atoms with Gasteiger partial charge < -0.3 is 10.1 Å². The maximum Gasteiger partial charge on any atom is 0.124 e. The van der Waals surface area contributed by atoms with Gasteiger partial charge in [0.05, 0.1) is 16.3 Å². The number of nitrogens with zero attached hydrogens (tertiary/aromatic N) is 1. The number of fused-ring (bicyclic) bond motifs is 1. The average molecular weight is 286 g/mol. The molecule has 0 saturated carbocycles. The molecule has 2 heterocycles. The van der Waals surface area contributed by atoms with Crippen LogP contribution >= 0.6 is 11.8 Å². The fraction of sp³-hybridized carbons (Fsp3) is 0.312. The van der Waals surface area contributed by atoms with Crippen molar-refractivity contribution in [1.29, 1.82) is 0 Å². The molecule has 4 heteroatoms. The Hall–Kier alpha value is -1.52. The van der Waals surface area contributed by atoms with Crippen LogP contribution in [0.3, 0.4) is 0 Å². The van der Waals surface area contributed by atoms with Crippen molar-refractivity contribution in [2.24, 2.45) is 0 Å². The van der Waals surface area contributed by atoms with E-state index in [1.165, 1.54) is 5.56 Å². The van der Waals surface area contributed by atoms with Gasteiger partial charge in [-0.05, 0) is 24.7 Å². The summed E-state index contributed by atoms with van der Waals surface area (Å²) in [5, 5.41) is 4.96. The number of rotatable bonds is 4. The maximum absolute atomic E-state index is 5.90. The molecule has 3 nitrogen and oxygen atoms in total. The topological polar surface area (TPSA) is 34.1 Å². The SMILES string of the molecule is CCNC1c2ccccc2OCC1Sc1ccccn1. The Bertz CT molecular complexity index is 561. The second-order valence-electron chi connectivity index (χ2n) is 4.71. The van der Waals surface area contributed by atoms with Gasteiger partial charge in [-0.15, -0.1) is 0 Å². The molecule has 1 N–H and O–H groups in total. The first kappa shape index (κ1) is 13.5. The zero-order valence-corrected chi connectivity index (χ0v) is 12.3. The molecule has 0 fully saturated rings. The highest BCUT2D eigenvalue weighted by Gasteiger charge is 2.31. The number of hydrogen-bond donors (Lipinski definition) is 1. The second-order valence-corrected chi connectivity index (χ2v) is 5.97. The highest BCUT2D eigenvalue weighted by molar-refractivity contribution is 7.99. The van der Waals surface area contributed by atoms with E-state index in [9.17, 15) is 0 Å². The van der Waals surface area contributed by atoms with Crippen molar-refractivity contribution in [1.82, 2.24) is 10.3 Å². The predicted molar refractivity (Wildman–Crippen MR) is 82.2 cm³/mol. The van der Waals surface area contributed by atoms with Crippen molar-refractivity contribution in [3.05, 3.63) is 54.2 Å². The van der Waals surface area contributed by atoms with Crippen LogP contribution in [0.5, 0.6) is 5.75 Å². The number of benzene rings is 1. The van der Waals surface area contributed by atoms with E-state index >= 15 is 0 Å². The Labute approximate surface area is 123 Å². The van der Waals surface area contributed by atoms with E-state index < -0.39 is 0 Å². The van der Waals surface area contributed by atoms with Crippen molar-refractivity contribution in [3.8, 4) is 5.75 Å². The Morgan fingerprint density at radius 3 is 2.90 bits per heavy atom. The summed E-state index contributed by atoms with van der Waals surface area (Å²) in [6, 6.07) is 14.6. The van der Waals surface area contributed by atoms with Crippen LogP contribution in [0, 0.1) is 0 Å². The molecule has 0 bridgehead atoms. The quantitative estimate of drug-likeness (QED) is 0.935. The van der Waals surface area contributed by atoms with Gasteiger partial charge in [-0.3, -0.25) is 0 Å². The molecule has 1 aromatic carbocycles. The van der Waals surface area contributed by atoms with Gasteiger partial charge in [0.2, 0.25) is 0 Å². The molecule has 0 aliphatic carbocycles. The van der Waals surface area contributed by atoms with E-state index in [1.54, 1.807) is 11.8 Å². The van der Waals surface area contributed by atoms with Crippen LogP contribution in [-0.4, -0.2) is 23.4 Å². The molecule has 1 aromatic heterocycles. The third-order valence-electron chi connectivity index (χ3n) is 3.36. The lowest BCUT2D eigenvalue weighted by molar-refractivity contribution is 0.261. The number of hydrogen-bond acceptors (Lipinski definition) is 4. The summed E-state index contributed by atoms with van der Waals surface area (Å²) in [6.45, 7) is 3.79. The van der Waals surface area contributed by atoms with Crippen molar-refractivity contribution in [2.45, 2.75) is 23.2 Å². The van der Waals surface area contributed by atoms with Gasteiger partial charge in [0.1, 0.15) is 12.4 Å². The standard InChI is InChI=1S/C16H18N2OS/c1-2-17-16-12-7-3-4-8-13(12)19-11-14(16)20-15-9-5-6-10-18-15/h3-10,14,16-17H,2,11H2,1H3. The summed E-state index contributed by atoms with van der Waals surface area (Å²) in [7, 11) is 0. The minimum absolute atomic E-state index is 0.303. The summed E-state index contributed by atoms with van der Waals surface area (Å²) in [6.07, 6.45) is 1.84. The molecule has 0 spiro atoms. The second kappa shape index (κ2) is 6.29. The molecule has 0 radical (unpaired) electrons. The Morgan fingerprint density at radius 2 is 2.10 bits per heavy atom. The lowest BCUT2D eigenvalue weighted by Crippen LogP contribution is -2.37. The molecule has 0 amide bonds. The molecular formula is C16H18N2OS. The van der Waals surface area contributed by atoms with E-state index in [4.69, 9.17) is 4.74 Å². The van der Waals surface area contributed by atoms with Crippen LogP contribution in [0.1, 0.15) is 18.5 Å². The van der Waals surface area contributed by atoms with Gasteiger partial charge in [-0.25, -0.2) is 4.98 Å². The first-order valence-corrected chi connectivity index (χ1v) is 7.79. The smallest absolute Gasteiger partial charge is 0.124 e. The number of thioether (sulfide) groups is 1. The van der Waals surface area contributed by atoms with Crippen LogP contribution < -0.4 is 10.1 Å². The molecule has 3 rings (SSSR count). The van der Waals surface area contributed by atoms with Crippen molar-refractivity contribution >= 4 is 11.8 Å². The monoisotopic (exact) mass is 286 g/mol. The van der Waals surface area contributed by atoms with Gasteiger partial charge in [-0.2, -0.15) is 0 Å². The van der Waals surface area contributed by atoms with Crippen molar-refractivity contribution in [2.75, 3.05) is 13.2 Å². The van der Waals surface area contributed by atoms with Gasteiger partial charge in [0.25, 0.3) is 0 Å². The number of nitrogens with one attached hydrogen (secondary N) is 1. The van der Waals surface area contributed by atoms with Gasteiger partial charge >= 0.3 is 0 Å². The first-order chi connectivity index (χ1) is 9.88. The van der Waals surface area contributed by atoms with Crippen LogP contribution in [0.2, 0.25) is 0 Å². The largest absolute Gasteiger partial charge is 0.492 e. The minimum Gasteiger partial charge on any atom is -0.492 e. The van der Waals surface area contributed by atoms with Crippen LogP contribution in [0.15, 0.2) is 53.7 Å². The zero-order valence-electron chi connectivity index (χ0n) is 11.5. The minimum atomic E-state index is 0.303. The van der Waals surface area contributed by atoms with Crippen molar-refractivity contribution in [3.63, 3.8) is 0 Å². The maximum atomic E-state index is 5.90. The molecule has 2 unspecified atom stereocenters. The van der Waals surface area contributed by atoms with E-state index in [0.29, 0.717) is 17.9 Å². The summed E-state index contributed by atoms with van der Waals surface area (Å²) >= 11 is 1.78. The predicted octanol–water partition coefficient (Wildman–Crippen LogP) is 3.29. The average Bonchev–Trinajstić information content (AvgIpc) is 2.51. The highest BCUT2D eigenvalue weighted by atomic mass is 32.2. The van der Waals surface area contributed by atoms with Crippen molar-refractivity contribution < 1.29 is 4.74 Å².